The van der Waals surface area contributed by atoms with Crippen molar-refractivity contribution in [1.29, 1.82) is 0 Å². The van der Waals surface area contributed by atoms with E-state index in [0.29, 0.717) is 11.8 Å². The molecule has 0 aromatic rings. The maximum atomic E-state index is 6.20. The standard InChI is InChI=1S/C10H12Cl4/c11-8(12)3-1-4-9-6(2-5-8)7(9)10(9,13)14/h6-7H,1-5H2/t6-,7-,9+/m1/s1. The summed E-state index contributed by atoms with van der Waals surface area (Å²) in [6.45, 7) is 0. The Morgan fingerprint density at radius 2 is 1.64 bits per heavy atom. The first-order valence-corrected chi connectivity index (χ1v) is 6.69. The van der Waals surface area contributed by atoms with E-state index >= 15 is 0 Å². The lowest BCUT2D eigenvalue weighted by Crippen LogP contribution is -2.24. The molecule has 3 atom stereocenters. The van der Waals surface area contributed by atoms with E-state index < -0.39 is 8.67 Å². The highest BCUT2D eigenvalue weighted by Gasteiger charge is 2.93. The fourth-order valence-electron chi connectivity index (χ4n) is 3.49. The summed E-state index contributed by atoms with van der Waals surface area (Å²) >= 11 is 24.7. The molecule has 0 aromatic heterocycles. The van der Waals surface area contributed by atoms with Crippen LogP contribution in [0.1, 0.15) is 32.1 Å². The molecule has 0 bridgehead atoms. The molecule has 0 N–H and O–H groups in total. The summed E-state index contributed by atoms with van der Waals surface area (Å²) in [5.41, 5.74) is 0.264. The van der Waals surface area contributed by atoms with E-state index in [1.165, 1.54) is 0 Å². The summed E-state index contributed by atoms with van der Waals surface area (Å²) in [6.07, 6.45) is 5.03. The molecule has 1 spiro atoms. The van der Waals surface area contributed by atoms with Gasteiger partial charge in [0.25, 0.3) is 0 Å². The summed E-state index contributed by atoms with van der Waals surface area (Å²) < 4.78 is -0.909. The van der Waals surface area contributed by atoms with Crippen molar-refractivity contribution < 1.29 is 0 Å². The minimum absolute atomic E-state index is 0.264. The van der Waals surface area contributed by atoms with Gasteiger partial charge in [0.2, 0.25) is 0 Å². The van der Waals surface area contributed by atoms with Gasteiger partial charge in [-0.2, -0.15) is 0 Å². The normalized spacial score (nSPS) is 52.3. The monoisotopic (exact) mass is 272 g/mol. The highest BCUT2D eigenvalue weighted by molar-refractivity contribution is 6.53. The first-order valence-electron chi connectivity index (χ1n) is 5.17. The van der Waals surface area contributed by atoms with E-state index in [-0.39, 0.29) is 5.41 Å². The molecule has 0 saturated heterocycles. The molecular formula is C10H12Cl4. The quantitative estimate of drug-likeness (QED) is 0.569. The van der Waals surface area contributed by atoms with Gasteiger partial charge in [0.05, 0.1) is 0 Å². The second-order valence-corrected chi connectivity index (χ2v) is 8.02. The Kier molecular flexibility index (Phi) is 1.99. The maximum Gasteiger partial charge on any atom is 0.128 e. The van der Waals surface area contributed by atoms with Crippen LogP contribution >= 0.6 is 46.4 Å². The Balaban J connectivity index is 1.72. The zero-order chi connectivity index (χ0) is 10.2. The molecule has 3 fully saturated rings. The molecular weight excluding hydrogens is 262 g/mol. The Bertz CT molecular complexity index is 284. The molecule has 3 rings (SSSR count). The molecule has 0 amide bonds. The number of halogens is 4. The molecule has 3 saturated carbocycles. The maximum absolute atomic E-state index is 6.20. The Morgan fingerprint density at radius 3 is 2.29 bits per heavy atom. The van der Waals surface area contributed by atoms with Crippen molar-refractivity contribution in [2.24, 2.45) is 17.3 Å². The SMILES string of the molecule is ClC1(Cl)CCC[C@]23[C@H](CC1)[C@H]2C3(Cl)Cl. The number of rotatable bonds is 0. The third kappa shape index (κ3) is 1.09. The van der Waals surface area contributed by atoms with Crippen molar-refractivity contribution in [2.45, 2.75) is 40.8 Å². The average Bonchev–Trinajstić information content (AvgIpc) is 2.82. The summed E-state index contributed by atoms with van der Waals surface area (Å²) in [6, 6.07) is 0. The van der Waals surface area contributed by atoms with E-state index in [4.69, 9.17) is 46.4 Å². The van der Waals surface area contributed by atoms with Gasteiger partial charge in [-0.1, -0.05) is 0 Å². The smallest absolute Gasteiger partial charge is 0.102 e. The van der Waals surface area contributed by atoms with Crippen molar-refractivity contribution in [3.8, 4) is 0 Å². The zero-order valence-corrected chi connectivity index (χ0v) is 10.7. The van der Waals surface area contributed by atoms with Crippen molar-refractivity contribution in [2.75, 3.05) is 0 Å². The van der Waals surface area contributed by atoms with Gasteiger partial charge < -0.3 is 0 Å². The molecule has 0 nitrogen and oxygen atoms in total. The lowest BCUT2D eigenvalue weighted by atomic mass is 9.90. The Hall–Kier alpha value is 1.16. The Morgan fingerprint density at radius 1 is 0.929 bits per heavy atom. The number of hydrogen-bond acceptors (Lipinski definition) is 0. The van der Waals surface area contributed by atoms with Crippen LogP contribution in [-0.2, 0) is 0 Å². The summed E-state index contributed by atoms with van der Waals surface area (Å²) in [4.78, 5) is 0. The van der Waals surface area contributed by atoms with Crippen LogP contribution in [0.15, 0.2) is 0 Å². The van der Waals surface area contributed by atoms with Crippen molar-refractivity contribution >= 4 is 46.4 Å². The van der Waals surface area contributed by atoms with Gasteiger partial charge in [0.15, 0.2) is 0 Å². The van der Waals surface area contributed by atoms with E-state index in [1.54, 1.807) is 0 Å². The topological polar surface area (TPSA) is 0 Å². The lowest BCUT2D eigenvalue weighted by molar-refractivity contribution is 0.356. The number of hydrogen-bond donors (Lipinski definition) is 0. The highest BCUT2D eigenvalue weighted by atomic mass is 35.5. The molecule has 3 aliphatic carbocycles. The van der Waals surface area contributed by atoms with Gasteiger partial charge >= 0.3 is 0 Å². The molecule has 0 aliphatic heterocycles. The predicted octanol–water partition coefficient (Wildman–Crippen LogP) is 4.54. The second-order valence-electron chi connectivity index (χ2n) is 5.00. The molecule has 14 heavy (non-hydrogen) atoms. The van der Waals surface area contributed by atoms with Crippen molar-refractivity contribution in [3.63, 3.8) is 0 Å². The van der Waals surface area contributed by atoms with Gasteiger partial charge in [-0.3, -0.25) is 0 Å². The van der Waals surface area contributed by atoms with E-state index in [9.17, 15) is 0 Å². The van der Waals surface area contributed by atoms with E-state index in [1.807, 2.05) is 0 Å². The minimum atomic E-state index is -0.502. The van der Waals surface area contributed by atoms with Crippen LogP contribution in [0.4, 0.5) is 0 Å². The predicted molar refractivity (Wildman–Crippen MR) is 61.4 cm³/mol. The average molecular weight is 274 g/mol. The number of fused-ring (bicyclic) bond motifs is 1. The summed E-state index contributed by atoms with van der Waals surface area (Å²) in [5, 5.41) is 0. The van der Waals surface area contributed by atoms with Crippen LogP contribution < -0.4 is 0 Å². The van der Waals surface area contributed by atoms with Gasteiger partial charge in [0, 0.05) is 11.3 Å². The zero-order valence-electron chi connectivity index (χ0n) is 7.70. The lowest BCUT2D eigenvalue weighted by Gasteiger charge is -2.28. The molecule has 0 heterocycles. The third-order valence-corrected chi connectivity index (χ3v) is 6.32. The molecule has 0 radical (unpaired) electrons. The van der Waals surface area contributed by atoms with Crippen LogP contribution in [-0.4, -0.2) is 8.67 Å². The van der Waals surface area contributed by atoms with Gasteiger partial charge in [-0.25, -0.2) is 0 Å². The van der Waals surface area contributed by atoms with Gasteiger partial charge in [-0.05, 0) is 38.0 Å². The van der Waals surface area contributed by atoms with Crippen molar-refractivity contribution in [1.82, 2.24) is 0 Å². The summed E-state index contributed by atoms with van der Waals surface area (Å²) in [7, 11) is 0. The molecule has 0 unspecified atom stereocenters. The van der Waals surface area contributed by atoms with Crippen LogP contribution in [0, 0.1) is 17.3 Å². The van der Waals surface area contributed by atoms with Crippen LogP contribution in [0.3, 0.4) is 0 Å². The molecule has 3 aliphatic rings. The summed E-state index contributed by atoms with van der Waals surface area (Å²) in [5.74, 6) is 1.25. The van der Waals surface area contributed by atoms with Gasteiger partial charge in [-0.15, -0.1) is 46.4 Å². The van der Waals surface area contributed by atoms with Crippen LogP contribution in [0.25, 0.3) is 0 Å². The number of alkyl halides is 4. The first-order chi connectivity index (χ1) is 6.42. The molecule has 0 aromatic carbocycles. The molecule has 80 valence electrons. The minimum Gasteiger partial charge on any atom is -0.102 e. The Labute approximate surface area is 104 Å². The van der Waals surface area contributed by atoms with Crippen LogP contribution in [0.2, 0.25) is 0 Å². The first kappa shape index (κ1) is 10.3. The third-order valence-electron chi connectivity index (χ3n) is 4.39. The highest BCUT2D eigenvalue weighted by Crippen LogP contribution is 2.93. The van der Waals surface area contributed by atoms with E-state index in [0.717, 1.165) is 32.1 Å². The fraction of sp³-hybridized carbons (Fsp3) is 1.00. The van der Waals surface area contributed by atoms with Crippen molar-refractivity contribution in [3.05, 3.63) is 0 Å². The molecule has 4 heteroatoms. The van der Waals surface area contributed by atoms with Crippen LogP contribution in [0.5, 0.6) is 0 Å². The van der Waals surface area contributed by atoms with E-state index in [2.05, 4.69) is 0 Å². The second kappa shape index (κ2) is 2.70. The fourth-order valence-corrected chi connectivity index (χ4v) is 5.26. The van der Waals surface area contributed by atoms with Gasteiger partial charge in [0.1, 0.15) is 8.67 Å². The largest absolute Gasteiger partial charge is 0.128 e.